The Morgan fingerprint density at radius 3 is 2.38 bits per heavy atom. The lowest BCUT2D eigenvalue weighted by molar-refractivity contribution is 0.258. The van der Waals surface area contributed by atoms with E-state index in [4.69, 9.17) is 4.74 Å². The van der Waals surface area contributed by atoms with Crippen LogP contribution in [0.3, 0.4) is 0 Å². The number of sulfone groups is 1. The molecule has 0 bridgehead atoms. The molecule has 0 N–H and O–H groups in total. The molecule has 3 rings (SSSR count). The lowest BCUT2D eigenvalue weighted by Gasteiger charge is -2.36. The Labute approximate surface area is 156 Å². The number of anilines is 1. The van der Waals surface area contributed by atoms with Crippen LogP contribution in [-0.2, 0) is 9.84 Å². The largest absolute Gasteiger partial charge is 0.497 e. The number of piperazine rings is 1. The summed E-state index contributed by atoms with van der Waals surface area (Å²) in [4.78, 5) is 5.11. The van der Waals surface area contributed by atoms with E-state index in [0.717, 1.165) is 38.5 Å². The van der Waals surface area contributed by atoms with Gasteiger partial charge in [0.25, 0.3) is 0 Å². The van der Waals surface area contributed by atoms with Gasteiger partial charge in [0.15, 0.2) is 9.84 Å². The zero-order valence-electron chi connectivity index (χ0n) is 15.2. The monoisotopic (exact) mass is 374 g/mol. The molecule has 1 saturated heterocycles. The predicted octanol–water partition coefficient (Wildman–Crippen LogP) is 2.68. The Hall–Kier alpha value is -2.05. The Bertz CT molecular complexity index is 801. The van der Waals surface area contributed by atoms with Gasteiger partial charge >= 0.3 is 0 Å². The van der Waals surface area contributed by atoms with Crippen molar-refractivity contribution in [2.45, 2.75) is 11.3 Å². The third-order valence-electron chi connectivity index (χ3n) is 4.78. The van der Waals surface area contributed by atoms with Gasteiger partial charge in [0.2, 0.25) is 0 Å². The van der Waals surface area contributed by atoms with E-state index in [9.17, 15) is 8.42 Å². The first-order chi connectivity index (χ1) is 12.6. The van der Waals surface area contributed by atoms with Gasteiger partial charge in [-0.3, -0.25) is 4.90 Å². The molecule has 2 aromatic carbocycles. The molecule has 140 valence electrons. The summed E-state index contributed by atoms with van der Waals surface area (Å²) in [7, 11) is -1.49. The van der Waals surface area contributed by atoms with Crippen LogP contribution >= 0.6 is 0 Å². The van der Waals surface area contributed by atoms with E-state index in [1.165, 1.54) is 5.69 Å². The van der Waals surface area contributed by atoms with Crippen molar-refractivity contribution in [3.05, 3.63) is 54.6 Å². The van der Waals surface area contributed by atoms with E-state index in [-0.39, 0.29) is 5.75 Å². The molecule has 0 aliphatic carbocycles. The summed E-state index contributed by atoms with van der Waals surface area (Å²) >= 11 is 0. The van der Waals surface area contributed by atoms with Crippen LogP contribution in [0.4, 0.5) is 5.69 Å². The van der Waals surface area contributed by atoms with Gasteiger partial charge in [-0.05, 0) is 37.2 Å². The van der Waals surface area contributed by atoms with E-state index in [1.807, 2.05) is 18.2 Å². The van der Waals surface area contributed by atoms with Crippen LogP contribution in [0.25, 0.3) is 0 Å². The van der Waals surface area contributed by atoms with Crippen LogP contribution in [0.15, 0.2) is 59.5 Å². The highest BCUT2D eigenvalue weighted by molar-refractivity contribution is 7.91. The van der Waals surface area contributed by atoms with Crippen molar-refractivity contribution >= 4 is 15.5 Å². The second kappa shape index (κ2) is 8.56. The molecule has 2 aromatic rings. The number of nitrogens with zero attached hydrogens (tertiary/aromatic N) is 2. The molecule has 1 fully saturated rings. The van der Waals surface area contributed by atoms with Crippen molar-refractivity contribution in [1.82, 2.24) is 4.90 Å². The van der Waals surface area contributed by atoms with Crippen LogP contribution < -0.4 is 9.64 Å². The zero-order chi connectivity index (χ0) is 18.4. The predicted molar refractivity (Wildman–Crippen MR) is 105 cm³/mol. The van der Waals surface area contributed by atoms with E-state index < -0.39 is 9.84 Å². The molecule has 1 aliphatic rings. The first-order valence-electron chi connectivity index (χ1n) is 8.98. The highest BCUT2D eigenvalue weighted by Crippen LogP contribution is 2.22. The smallest absolute Gasteiger partial charge is 0.178 e. The van der Waals surface area contributed by atoms with Crippen LogP contribution in [-0.4, -0.2) is 58.9 Å². The molecular formula is C20H26N2O3S. The lowest BCUT2D eigenvalue weighted by Crippen LogP contribution is -2.46. The Morgan fingerprint density at radius 1 is 0.962 bits per heavy atom. The summed E-state index contributed by atoms with van der Waals surface area (Å²) in [5.41, 5.74) is 1.18. The minimum absolute atomic E-state index is 0.201. The van der Waals surface area contributed by atoms with Gasteiger partial charge in [-0.15, -0.1) is 0 Å². The molecular weight excluding hydrogens is 348 g/mol. The molecule has 1 aliphatic heterocycles. The number of hydrogen-bond donors (Lipinski definition) is 0. The van der Waals surface area contributed by atoms with Crippen molar-refractivity contribution in [2.75, 3.05) is 50.5 Å². The van der Waals surface area contributed by atoms with Gasteiger partial charge in [-0.25, -0.2) is 8.42 Å². The minimum Gasteiger partial charge on any atom is -0.497 e. The first-order valence-corrected chi connectivity index (χ1v) is 10.6. The van der Waals surface area contributed by atoms with E-state index in [1.54, 1.807) is 31.4 Å². The first kappa shape index (κ1) is 18.7. The quantitative estimate of drug-likeness (QED) is 0.746. The van der Waals surface area contributed by atoms with Gasteiger partial charge in [0, 0.05) is 37.9 Å². The number of benzene rings is 2. The second-order valence-corrected chi connectivity index (χ2v) is 8.62. The molecule has 0 aromatic heterocycles. The van der Waals surface area contributed by atoms with E-state index in [0.29, 0.717) is 11.3 Å². The Morgan fingerprint density at radius 2 is 1.69 bits per heavy atom. The van der Waals surface area contributed by atoms with Crippen molar-refractivity contribution < 1.29 is 13.2 Å². The molecule has 6 heteroatoms. The summed E-state index contributed by atoms with van der Waals surface area (Å²) in [6.45, 7) is 4.60. The summed E-state index contributed by atoms with van der Waals surface area (Å²) in [6, 6.07) is 16.8. The van der Waals surface area contributed by atoms with Gasteiger partial charge in [0.1, 0.15) is 5.75 Å². The molecule has 26 heavy (non-hydrogen) atoms. The highest BCUT2D eigenvalue weighted by Gasteiger charge is 2.19. The van der Waals surface area contributed by atoms with Gasteiger partial charge < -0.3 is 9.64 Å². The molecule has 0 radical (unpaired) electrons. The summed E-state index contributed by atoms with van der Waals surface area (Å²) < 4.78 is 30.0. The fraction of sp³-hybridized carbons (Fsp3) is 0.400. The molecule has 0 spiro atoms. The maximum Gasteiger partial charge on any atom is 0.178 e. The average molecular weight is 375 g/mol. The highest BCUT2D eigenvalue weighted by atomic mass is 32.2. The number of rotatable bonds is 7. The minimum atomic E-state index is -3.17. The summed E-state index contributed by atoms with van der Waals surface area (Å²) in [6.07, 6.45) is 0.663. The van der Waals surface area contributed by atoms with Crippen molar-refractivity contribution in [1.29, 1.82) is 0 Å². The average Bonchev–Trinajstić information content (AvgIpc) is 2.69. The van der Waals surface area contributed by atoms with Gasteiger partial charge in [0.05, 0.1) is 17.8 Å². The normalized spacial score (nSPS) is 15.8. The maximum atomic E-state index is 12.3. The van der Waals surface area contributed by atoms with Gasteiger partial charge in [-0.2, -0.15) is 0 Å². The topological polar surface area (TPSA) is 49.9 Å². The van der Waals surface area contributed by atoms with Gasteiger partial charge in [-0.1, -0.05) is 24.3 Å². The van der Waals surface area contributed by atoms with Crippen LogP contribution in [0.1, 0.15) is 6.42 Å². The standard InChI is InChI=1S/C20H26N2O3S/c1-25-19-8-5-7-18(17-19)22-14-12-21(13-15-22)11-6-16-26(23,24)20-9-3-2-4-10-20/h2-5,7-10,17H,6,11-16H2,1H3. The van der Waals surface area contributed by atoms with Crippen LogP contribution in [0.5, 0.6) is 5.75 Å². The second-order valence-electron chi connectivity index (χ2n) is 6.52. The fourth-order valence-corrected chi connectivity index (χ4v) is 4.58. The summed E-state index contributed by atoms with van der Waals surface area (Å²) in [5, 5.41) is 0. The van der Waals surface area contributed by atoms with Crippen LogP contribution in [0.2, 0.25) is 0 Å². The molecule has 1 heterocycles. The fourth-order valence-electron chi connectivity index (χ4n) is 3.26. The molecule has 0 amide bonds. The van der Waals surface area contributed by atoms with E-state index >= 15 is 0 Å². The maximum absolute atomic E-state index is 12.3. The number of ether oxygens (including phenoxy) is 1. The lowest BCUT2D eigenvalue weighted by atomic mass is 10.2. The van der Waals surface area contributed by atoms with Crippen molar-refractivity contribution in [2.24, 2.45) is 0 Å². The molecule has 0 unspecified atom stereocenters. The van der Waals surface area contributed by atoms with Crippen molar-refractivity contribution in [3.8, 4) is 5.75 Å². The molecule has 0 saturated carbocycles. The van der Waals surface area contributed by atoms with E-state index in [2.05, 4.69) is 21.9 Å². The Balaban J connectivity index is 1.46. The third kappa shape index (κ3) is 4.77. The summed E-state index contributed by atoms with van der Waals surface area (Å²) in [5.74, 6) is 1.07. The Kier molecular flexibility index (Phi) is 6.16. The molecule has 5 nitrogen and oxygen atoms in total. The molecule has 0 atom stereocenters. The third-order valence-corrected chi connectivity index (χ3v) is 6.60. The van der Waals surface area contributed by atoms with Crippen LogP contribution in [0, 0.1) is 0 Å². The SMILES string of the molecule is COc1cccc(N2CCN(CCCS(=O)(=O)c3ccccc3)CC2)c1. The number of hydrogen-bond acceptors (Lipinski definition) is 5. The number of methoxy groups -OCH3 is 1. The zero-order valence-corrected chi connectivity index (χ0v) is 16.0. The van der Waals surface area contributed by atoms with Crippen molar-refractivity contribution in [3.63, 3.8) is 0 Å².